The normalized spacial score (nSPS) is 11.4. The molecule has 38 heavy (non-hydrogen) atoms. The highest BCUT2D eigenvalue weighted by molar-refractivity contribution is 7.92. The van der Waals surface area contributed by atoms with Crippen LogP contribution >= 0.6 is 11.3 Å². The number of benzene rings is 1. The van der Waals surface area contributed by atoms with Crippen molar-refractivity contribution in [2.45, 2.75) is 18.7 Å². The number of pyridine rings is 1. The number of hydrogen-bond donors (Lipinski definition) is 3. The molecule has 0 aliphatic rings. The van der Waals surface area contributed by atoms with Crippen LogP contribution in [0.5, 0.6) is 0 Å². The summed E-state index contributed by atoms with van der Waals surface area (Å²) in [5.41, 5.74) is 14.4. The molecule has 11 nitrogen and oxygen atoms in total. The molecular weight excluding hydrogens is 526 g/mol. The molecule has 13 heteroatoms. The molecule has 1 aromatic carbocycles. The van der Waals surface area contributed by atoms with Gasteiger partial charge in [0.15, 0.2) is 0 Å². The number of fused-ring (bicyclic) bond motifs is 1. The average Bonchev–Trinajstić information content (AvgIpc) is 3.50. The van der Waals surface area contributed by atoms with Crippen LogP contribution < -0.4 is 16.2 Å². The first-order valence-electron chi connectivity index (χ1n) is 11.0. The van der Waals surface area contributed by atoms with Crippen molar-refractivity contribution < 1.29 is 17.6 Å². The summed E-state index contributed by atoms with van der Waals surface area (Å²) >= 11 is 1.02. The van der Waals surface area contributed by atoms with Crippen LogP contribution in [0.2, 0.25) is 0 Å². The fourth-order valence-corrected chi connectivity index (χ4v) is 6.00. The summed E-state index contributed by atoms with van der Waals surface area (Å²) in [6.07, 6.45) is 1.45. The molecule has 0 bridgehead atoms. The topological polar surface area (TPSA) is 191 Å². The predicted octanol–water partition coefficient (Wildman–Crippen LogP) is 4.03. The number of nitriles is 1. The molecule has 0 saturated carbocycles. The van der Waals surface area contributed by atoms with Crippen LogP contribution in [-0.4, -0.2) is 29.2 Å². The summed E-state index contributed by atoms with van der Waals surface area (Å²) in [5, 5.41) is 10.1. The average molecular weight is 546 g/mol. The minimum atomic E-state index is -4.00. The van der Waals surface area contributed by atoms with Crippen LogP contribution in [-0.2, 0) is 10.0 Å². The van der Waals surface area contributed by atoms with Gasteiger partial charge in [-0.15, -0.1) is 11.3 Å². The van der Waals surface area contributed by atoms with Crippen LogP contribution in [0.3, 0.4) is 0 Å². The van der Waals surface area contributed by atoms with Crippen LogP contribution in [0, 0.1) is 25.2 Å². The van der Waals surface area contributed by atoms with Gasteiger partial charge in [0.2, 0.25) is 11.7 Å². The fourth-order valence-electron chi connectivity index (χ4n) is 3.99. The van der Waals surface area contributed by atoms with E-state index in [1.165, 1.54) is 30.5 Å². The zero-order valence-corrected chi connectivity index (χ0v) is 21.6. The maximum Gasteiger partial charge on any atom is 0.264 e. The summed E-state index contributed by atoms with van der Waals surface area (Å²) in [6, 6.07) is 12.5. The Labute approximate surface area is 220 Å². The molecule has 4 aromatic heterocycles. The van der Waals surface area contributed by atoms with Crippen LogP contribution in [0.25, 0.3) is 21.5 Å². The number of anilines is 3. The third kappa shape index (κ3) is 4.32. The van der Waals surface area contributed by atoms with Gasteiger partial charge in [0, 0.05) is 22.3 Å². The summed E-state index contributed by atoms with van der Waals surface area (Å²) in [5.74, 6) is -0.139. The van der Waals surface area contributed by atoms with E-state index in [4.69, 9.17) is 15.9 Å². The summed E-state index contributed by atoms with van der Waals surface area (Å²) in [7, 11) is -4.00. The molecule has 0 aliphatic carbocycles. The Hall–Kier alpha value is -4.80. The first-order chi connectivity index (χ1) is 18.1. The van der Waals surface area contributed by atoms with Crippen molar-refractivity contribution in [3.63, 3.8) is 0 Å². The Morgan fingerprint density at radius 1 is 1.08 bits per heavy atom. The lowest BCUT2D eigenvalue weighted by Crippen LogP contribution is -2.16. The molecule has 0 aliphatic heterocycles. The first kappa shape index (κ1) is 24.9. The number of furan rings is 1. The monoisotopic (exact) mass is 545 g/mol. The van der Waals surface area contributed by atoms with Gasteiger partial charge in [0.05, 0.1) is 22.4 Å². The van der Waals surface area contributed by atoms with Gasteiger partial charge in [-0.2, -0.15) is 5.26 Å². The highest BCUT2D eigenvalue weighted by Gasteiger charge is 2.26. The Kier molecular flexibility index (Phi) is 6.06. The largest absolute Gasteiger partial charge is 0.464 e. The van der Waals surface area contributed by atoms with Crippen LogP contribution in [0.15, 0.2) is 58.0 Å². The molecule has 0 atom stereocenters. The Balaban J connectivity index is 1.51. The number of nitrogens with zero attached hydrogens (tertiary/aromatic N) is 4. The molecule has 0 radical (unpaired) electrons. The minimum Gasteiger partial charge on any atom is -0.464 e. The van der Waals surface area contributed by atoms with Crippen LogP contribution in [0.4, 0.5) is 17.5 Å². The number of nitrogens with two attached hydrogens (primary N) is 2. The Morgan fingerprint density at radius 2 is 1.76 bits per heavy atom. The lowest BCUT2D eigenvalue weighted by Gasteiger charge is -2.09. The van der Waals surface area contributed by atoms with Gasteiger partial charge in [-0.05, 0) is 56.3 Å². The van der Waals surface area contributed by atoms with Crippen molar-refractivity contribution in [3.8, 4) is 17.4 Å². The Bertz CT molecular complexity index is 1850. The van der Waals surface area contributed by atoms with Gasteiger partial charge < -0.3 is 15.9 Å². The van der Waals surface area contributed by atoms with Crippen molar-refractivity contribution in [3.05, 3.63) is 76.1 Å². The van der Waals surface area contributed by atoms with Crippen molar-refractivity contribution in [2.75, 3.05) is 16.2 Å². The molecule has 5 aromatic rings. The predicted molar refractivity (Wildman–Crippen MR) is 143 cm³/mol. The molecule has 0 unspecified atom stereocenters. The number of nitrogens with one attached hydrogen (secondary N) is 1. The second kappa shape index (κ2) is 9.25. The lowest BCUT2D eigenvalue weighted by molar-refractivity contribution is 0.104. The number of thiophene rings is 1. The molecule has 0 amide bonds. The standard InChI is InChI=1S/C25H19N7O4S2/c1-12-10-13(2)30-25(29-12)32-38(34,35)15-7-5-14(6-8-15)21(33)22-20(27)19-18(17-4-3-9-36-17)16(11-26)23(28)31-24(19)37-22/h3-10H,27H2,1-2H3,(H2,28,31)(H,29,30,32). The van der Waals surface area contributed by atoms with E-state index in [9.17, 15) is 18.5 Å². The molecule has 190 valence electrons. The number of aromatic nitrogens is 3. The van der Waals surface area contributed by atoms with E-state index in [0.29, 0.717) is 32.9 Å². The lowest BCUT2D eigenvalue weighted by atomic mass is 10.0. The van der Waals surface area contributed by atoms with Crippen molar-refractivity contribution in [1.82, 2.24) is 15.0 Å². The number of hydrogen-bond acceptors (Lipinski definition) is 11. The van der Waals surface area contributed by atoms with Gasteiger partial charge in [-0.3, -0.25) is 4.79 Å². The van der Waals surface area contributed by atoms with Gasteiger partial charge >= 0.3 is 0 Å². The first-order valence-corrected chi connectivity index (χ1v) is 13.3. The van der Waals surface area contributed by atoms with Gasteiger partial charge in [-0.1, -0.05) is 0 Å². The van der Waals surface area contributed by atoms with E-state index < -0.39 is 15.8 Å². The zero-order chi connectivity index (χ0) is 27.2. The maximum atomic E-state index is 13.4. The highest BCUT2D eigenvalue weighted by atomic mass is 32.2. The molecule has 4 heterocycles. The van der Waals surface area contributed by atoms with E-state index in [-0.39, 0.29) is 38.4 Å². The van der Waals surface area contributed by atoms with E-state index >= 15 is 0 Å². The molecule has 0 fully saturated rings. The summed E-state index contributed by atoms with van der Waals surface area (Å²) in [4.78, 5) is 26.3. The van der Waals surface area contributed by atoms with Crippen molar-refractivity contribution >= 4 is 54.8 Å². The molecule has 5 rings (SSSR count). The second-order valence-corrected chi connectivity index (χ2v) is 11.0. The van der Waals surface area contributed by atoms with E-state index in [1.54, 1.807) is 32.0 Å². The number of rotatable bonds is 6. The van der Waals surface area contributed by atoms with Gasteiger partial charge in [-0.25, -0.2) is 28.1 Å². The quantitative estimate of drug-likeness (QED) is 0.262. The van der Waals surface area contributed by atoms with Crippen molar-refractivity contribution in [2.24, 2.45) is 0 Å². The molecule has 0 spiro atoms. The zero-order valence-electron chi connectivity index (χ0n) is 20.0. The number of carbonyl (C=O) groups is 1. The highest BCUT2D eigenvalue weighted by Crippen LogP contribution is 2.43. The van der Waals surface area contributed by atoms with Gasteiger partial charge in [0.1, 0.15) is 32.9 Å². The fraction of sp³-hybridized carbons (Fsp3) is 0.0800. The smallest absolute Gasteiger partial charge is 0.264 e. The van der Waals surface area contributed by atoms with E-state index in [0.717, 1.165) is 11.3 Å². The minimum absolute atomic E-state index is 0.0125. The van der Waals surface area contributed by atoms with E-state index in [1.807, 2.05) is 6.07 Å². The number of carbonyl (C=O) groups excluding carboxylic acids is 1. The third-order valence-corrected chi connectivity index (χ3v) is 8.07. The maximum absolute atomic E-state index is 13.4. The number of nitrogen functional groups attached to an aromatic ring is 2. The SMILES string of the molecule is Cc1cc(C)nc(NS(=O)(=O)c2ccc(C(=O)c3sc4nc(N)c(C#N)c(-c5ccco5)c4c3N)cc2)n1. The molecule has 0 saturated heterocycles. The van der Waals surface area contributed by atoms with Crippen LogP contribution in [0.1, 0.15) is 32.2 Å². The van der Waals surface area contributed by atoms with Gasteiger partial charge in [0.25, 0.3) is 10.0 Å². The molecule has 5 N–H and O–H groups in total. The number of aryl methyl sites for hydroxylation is 2. The second-order valence-electron chi connectivity index (χ2n) is 8.29. The van der Waals surface area contributed by atoms with Crippen molar-refractivity contribution in [1.29, 1.82) is 5.26 Å². The third-order valence-electron chi connectivity index (χ3n) is 5.63. The number of sulfonamides is 1. The summed E-state index contributed by atoms with van der Waals surface area (Å²) in [6.45, 7) is 3.46. The summed E-state index contributed by atoms with van der Waals surface area (Å²) < 4.78 is 33.5. The van der Waals surface area contributed by atoms with E-state index in [2.05, 4.69) is 19.7 Å². The Morgan fingerprint density at radius 3 is 2.37 bits per heavy atom. The molecular formula is C25H19N7O4S2. The number of ketones is 1.